The molecular formula is C21H22N2O7. The molecule has 0 saturated heterocycles. The van der Waals surface area contributed by atoms with Crippen LogP contribution in [0.3, 0.4) is 0 Å². The zero-order valence-corrected chi connectivity index (χ0v) is 16.7. The number of anilines is 1. The fraction of sp³-hybridized carbons (Fsp3) is 0.286. The smallest absolute Gasteiger partial charge is 0.420 e. The molecule has 0 aliphatic carbocycles. The van der Waals surface area contributed by atoms with Gasteiger partial charge in [0.1, 0.15) is 18.0 Å². The summed E-state index contributed by atoms with van der Waals surface area (Å²) >= 11 is 0. The topological polar surface area (TPSA) is 109 Å². The van der Waals surface area contributed by atoms with Crippen LogP contribution in [0.4, 0.5) is 5.69 Å². The average molecular weight is 414 g/mol. The Balaban J connectivity index is 1.61. The highest BCUT2D eigenvalue weighted by Crippen LogP contribution is 2.29. The number of hydrogen-bond donors (Lipinski definition) is 1. The van der Waals surface area contributed by atoms with E-state index in [1.165, 1.54) is 0 Å². The van der Waals surface area contributed by atoms with Gasteiger partial charge < -0.3 is 23.9 Å². The molecule has 9 heteroatoms. The minimum Gasteiger partial charge on any atom is -0.494 e. The van der Waals surface area contributed by atoms with Gasteiger partial charge in [-0.1, -0.05) is 12.1 Å². The van der Waals surface area contributed by atoms with Gasteiger partial charge in [-0.05, 0) is 38.1 Å². The molecule has 0 aliphatic rings. The fourth-order valence-corrected chi connectivity index (χ4v) is 2.82. The molecule has 2 aromatic carbocycles. The number of aromatic nitrogens is 1. The maximum absolute atomic E-state index is 12.3. The number of nitrogens with one attached hydrogen (secondary N) is 1. The van der Waals surface area contributed by atoms with Gasteiger partial charge in [0.2, 0.25) is 0 Å². The van der Waals surface area contributed by atoms with E-state index < -0.39 is 24.2 Å². The first-order valence-electron chi connectivity index (χ1n) is 9.45. The van der Waals surface area contributed by atoms with Crippen molar-refractivity contribution in [3.05, 3.63) is 53.0 Å². The van der Waals surface area contributed by atoms with E-state index in [1.807, 2.05) is 13.8 Å². The molecule has 1 amide bonds. The maximum Gasteiger partial charge on any atom is 0.420 e. The van der Waals surface area contributed by atoms with E-state index in [4.69, 9.17) is 18.6 Å². The van der Waals surface area contributed by atoms with Gasteiger partial charge in [0.15, 0.2) is 12.2 Å². The molecular weight excluding hydrogens is 392 g/mol. The fourth-order valence-electron chi connectivity index (χ4n) is 2.82. The molecule has 0 fully saturated rings. The van der Waals surface area contributed by atoms with Crippen molar-refractivity contribution in [2.24, 2.45) is 0 Å². The van der Waals surface area contributed by atoms with Gasteiger partial charge >= 0.3 is 11.7 Å². The second-order valence-electron chi connectivity index (χ2n) is 6.15. The predicted octanol–water partition coefficient (Wildman–Crippen LogP) is 2.57. The molecule has 0 radical (unpaired) electrons. The number of hydrogen-bond acceptors (Lipinski definition) is 7. The molecule has 0 saturated carbocycles. The number of carbonyl (C=O) groups is 2. The van der Waals surface area contributed by atoms with Crippen LogP contribution in [0.5, 0.6) is 11.5 Å². The lowest BCUT2D eigenvalue weighted by atomic mass is 10.2. The molecule has 0 spiro atoms. The zero-order chi connectivity index (χ0) is 21.5. The number of ether oxygens (including phenoxy) is 3. The normalized spacial score (nSPS) is 10.6. The minimum atomic E-state index is -0.744. The van der Waals surface area contributed by atoms with E-state index in [9.17, 15) is 14.4 Å². The van der Waals surface area contributed by atoms with Crippen LogP contribution in [0.1, 0.15) is 13.8 Å². The van der Waals surface area contributed by atoms with Crippen LogP contribution < -0.4 is 20.5 Å². The Morgan fingerprint density at radius 2 is 1.83 bits per heavy atom. The highest BCUT2D eigenvalue weighted by atomic mass is 16.5. The van der Waals surface area contributed by atoms with Gasteiger partial charge in [0, 0.05) is 6.07 Å². The van der Waals surface area contributed by atoms with Gasteiger partial charge in [0.25, 0.3) is 5.91 Å². The Labute approximate surface area is 172 Å². The first kappa shape index (κ1) is 21.0. The number of fused-ring (bicyclic) bond motifs is 1. The second kappa shape index (κ2) is 9.64. The largest absolute Gasteiger partial charge is 0.494 e. The molecule has 0 bridgehead atoms. The van der Waals surface area contributed by atoms with E-state index in [-0.39, 0.29) is 6.54 Å². The summed E-state index contributed by atoms with van der Waals surface area (Å²) < 4.78 is 22.1. The Kier molecular flexibility index (Phi) is 6.74. The number of amides is 1. The van der Waals surface area contributed by atoms with Crippen LogP contribution in [0.25, 0.3) is 11.1 Å². The number of benzene rings is 2. The van der Waals surface area contributed by atoms with E-state index in [2.05, 4.69) is 5.32 Å². The summed E-state index contributed by atoms with van der Waals surface area (Å²) in [5.74, 6) is -0.933. The molecule has 0 atom stereocenters. The third kappa shape index (κ3) is 4.99. The molecule has 3 aromatic rings. The van der Waals surface area contributed by atoms with Gasteiger partial charge in [0.05, 0.1) is 24.4 Å². The molecule has 30 heavy (non-hydrogen) atoms. The van der Waals surface area contributed by atoms with Crippen LogP contribution in [-0.2, 0) is 20.9 Å². The Hall–Kier alpha value is -3.75. The summed E-state index contributed by atoms with van der Waals surface area (Å²) in [6.45, 7) is 3.68. The van der Waals surface area contributed by atoms with Crippen LogP contribution in [0, 0.1) is 0 Å². The minimum absolute atomic E-state index is 0.366. The lowest BCUT2D eigenvalue weighted by molar-refractivity contribution is -0.147. The van der Waals surface area contributed by atoms with Crippen LogP contribution in [0.2, 0.25) is 0 Å². The number of esters is 1. The quantitative estimate of drug-likeness (QED) is 0.536. The summed E-state index contributed by atoms with van der Waals surface area (Å²) in [7, 11) is 0. The number of oxazole rings is 1. The van der Waals surface area contributed by atoms with Crippen molar-refractivity contribution in [2.45, 2.75) is 20.4 Å². The molecule has 0 aliphatic heterocycles. The molecule has 3 rings (SSSR count). The summed E-state index contributed by atoms with van der Waals surface area (Å²) in [6, 6.07) is 11.8. The van der Waals surface area contributed by atoms with Crippen LogP contribution >= 0.6 is 0 Å². The van der Waals surface area contributed by atoms with Gasteiger partial charge in [-0.25, -0.2) is 4.79 Å². The SMILES string of the molecule is CCOc1ccc(OCC)c(NC(=O)COC(=O)Cn2c(=O)oc3ccccc32)c1. The molecule has 1 N–H and O–H groups in total. The van der Waals surface area contributed by atoms with Crippen molar-refractivity contribution in [2.75, 3.05) is 25.1 Å². The first-order valence-corrected chi connectivity index (χ1v) is 9.45. The summed E-state index contributed by atoms with van der Waals surface area (Å²) in [4.78, 5) is 36.3. The Morgan fingerprint density at radius 3 is 2.60 bits per heavy atom. The van der Waals surface area contributed by atoms with Crippen molar-refractivity contribution in [1.29, 1.82) is 0 Å². The highest BCUT2D eigenvalue weighted by Gasteiger charge is 2.15. The molecule has 158 valence electrons. The molecule has 0 unspecified atom stereocenters. The summed E-state index contributed by atoms with van der Waals surface area (Å²) in [6.07, 6.45) is 0. The molecule has 9 nitrogen and oxygen atoms in total. The zero-order valence-electron chi connectivity index (χ0n) is 16.7. The van der Waals surface area contributed by atoms with Crippen LogP contribution in [0.15, 0.2) is 51.7 Å². The Morgan fingerprint density at radius 1 is 1.07 bits per heavy atom. The lowest BCUT2D eigenvalue weighted by Crippen LogP contribution is -2.26. The van der Waals surface area contributed by atoms with Crippen LogP contribution in [-0.4, -0.2) is 36.3 Å². The van der Waals surface area contributed by atoms with E-state index >= 15 is 0 Å². The van der Waals surface area contributed by atoms with Crippen molar-refractivity contribution in [3.8, 4) is 11.5 Å². The molecule has 1 aromatic heterocycles. The number of rotatable bonds is 9. The maximum atomic E-state index is 12.3. The van der Waals surface area contributed by atoms with Gasteiger partial charge in [-0.15, -0.1) is 0 Å². The highest BCUT2D eigenvalue weighted by molar-refractivity contribution is 5.94. The predicted molar refractivity (Wildman–Crippen MR) is 109 cm³/mol. The van der Waals surface area contributed by atoms with Crippen molar-refractivity contribution in [1.82, 2.24) is 4.57 Å². The monoisotopic (exact) mass is 414 g/mol. The van der Waals surface area contributed by atoms with E-state index in [0.717, 1.165) is 4.57 Å². The Bertz CT molecular complexity index is 1100. The lowest BCUT2D eigenvalue weighted by Gasteiger charge is -2.13. The number of carbonyl (C=O) groups excluding carboxylic acids is 2. The number of nitrogens with zero attached hydrogens (tertiary/aromatic N) is 1. The van der Waals surface area contributed by atoms with Crippen molar-refractivity contribution in [3.63, 3.8) is 0 Å². The third-order valence-corrected chi connectivity index (χ3v) is 4.06. The number of para-hydroxylation sites is 2. The average Bonchev–Trinajstić information content (AvgIpc) is 3.04. The van der Waals surface area contributed by atoms with E-state index in [1.54, 1.807) is 42.5 Å². The van der Waals surface area contributed by atoms with Crippen molar-refractivity contribution >= 4 is 28.7 Å². The molecule has 1 heterocycles. The van der Waals surface area contributed by atoms with Gasteiger partial charge in [-0.2, -0.15) is 0 Å². The standard InChI is InChI=1S/C21H22N2O7/c1-3-27-14-9-10-17(28-4-2)15(11-14)22-19(24)13-29-20(25)12-23-16-7-5-6-8-18(16)30-21(23)26/h5-11H,3-4,12-13H2,1-2H3,(H,22,24). The third-order valence-electron chi connectivity index (χ3n) is 4.06. The second-order valence-corrected chi connectivity index (χ2v) is 6.15. The first-order chi connectivity index (χ1) is 14.5. The summed E-state index contributed by atoms with van der Waals surface area (Å²) in [5.41, 5.74) is 1.24. The van der Waals surface area contributed by atoms with E-state index in [0.29, 0.717) is 41.5 Å². The van der Waals surface area contributed by atoms with Gasteiger partial charge in [-0.3, -0.25) is 14.2 Å². The van der Waals surface area contributed by atoms with Crippen molar-refractivity contribution < 1.29 is 28.2 Å². The summed E-state index contributed by atoms with van der Waals surface area (Å²) in [5, 5.41) is 2.64.